The van der Waals surface area contributed by atoms with Crippen LogP contribution in [0.15, 0.2) is 24.3 Å². The number of ketones is 1. The highest BCUT2D eigenvalue weighted by Crippen LogP contribution is 2.27. The molecule has 0 spiro atoms. The lowest BCUT2D eigenvalue weighted by molar-refractivity contribution is -0.00289. The maximum atomic E-state index is 13.1. The number of rotatable bonds is 4. The third-order valence-electron chi connectivity index (χ3n) is 4.14. The fourth-order valence-corrected chi connectivity index (χ4v) is 2.95. The average molecular weight is 345 g/mol. The fraction of sp³-hybridized carbons (Fsp3) is 0.500. The summed E-state index contributed by atoms with van der Waals surface area (Å²) in [6, 6.07) is 6.80. The second-order valence-electron chi connectivity index (χ2n) is 7.15. The van der Waals surface area contributed by atoms with E-state index < -0.39 is 17.7 Å². The van der Waals surface area contributed by atoms with Crippen LogP contribution in [0, 0.1) is 0 Å². The van der Waals surface area contributed by atoms with Gasteiger partial charge in [-0.2, -0.15) is 5.10 Å². The predicted octanol–water partition coefficient (Wildman–Crippen LogP) is 2.22. The van der Waals surface area contributed by atoms with Crippen LogP contribution in [0.3, 0.4) is 0 Å². The largest absolute Gasteiger partial charge is 0.444 e. The van der Waals surface area contributed by atoms with Crippen LogP contribution in [-0.2, 0) is 11.3 Å². The van der Waals surface area contributed by atoms with E-state index in [1.165, 1.54) is 9.58 Å². The summed E-state index contributed by atoms with van der Waals surface area (Å²) < 4.78 is 6.90. The highest BCUT2D eigenvalue weighted by molar-refractivity contribution is 6.10. The number of nitrogens with zero attached hydrogens (tertiary/aromatic N) is 3. The molecule has 1 aliphatic heterocycles. The number of amides is 1. The summed E-state index contributed by atoms with van der Waals surface area (Å²) in [5, 5.41) is 14.4. The number of ether oxygens (including phenoxy) is 1. The first-order valence-corrected chi connectivity index (χ1v) is 8.42. The van der Waals surface area contributed by atoms with Crippen LogP contribution in [0.4, 0.5) is 4.79 Å². The van der Waals surface area contributed by atoms with Crippen LogP contribution in [0.1, 0.15) is 37.7 Å². The minimum Gasteiger partial charge on any atom is -0.444 e. The van der Waals surface area contributed by atoms with Gasteiger partial charge in [-0.15, -0.1) is 0 Å². The molecule has 0 bridgehead atoms. The van der Waals surface area contributed by atoms with Crippen molar-refractivity contribution < 1.29 is 19.4 Å². The second kappa shape index (κ2) is 6.48. The highest BCUT2D eigenvalue weighted by Gasteiger charge is 2.41. The normalized spacial score (nSPS) is 17.4. The Bertz CT molecular complexity index is 806. The van der Waals surface area contributed by atoms with Crippen LogP contribution in [0.25, 0.3) is 10.9 Å². The molecule has 0 saturated carbocycles. The Morgan fingerprint density at radius 2 is 2.04 bits per heavy atom. The van der Waals surface area contributed by atoms with Crippen molar-refractivity contribution in [2.75, 3.05) is 13.2 Å². The zero-order chi connectivity index (χ0) is 18.2. The van der Waals surface area contributed by atoms with E-state index >= 15 is 0 Å². The second-order valence-corrected chi connectivity index (χ2v) is 7.15. The van der Waals surface area contributed by atoms with Crippen molar-refractivity contribution in [2.24, 2.45) is 0 Å². The number of aliphatic hydroxyl groups is 1. The van der Waals surface area contributed by atoms with Gasteiger partial charge in [0.25, 0.3) is 0 Å². The van der Waals surface area contributed by atoms with E-state index in [9.17, 15) is 14.7 Å². The number of aliphatic hydroxyl groups excluding tert-OH is 1. The summed E-state index contributed by atoms with van der Waals surface area (Å²) >= 11 is 0. The van der Waals surface area contributed by atoms with Crippen LogP contribution >= 0.6 is 0 Å². The standard InChI is InChI=1S/C18H23N3O4/c1-18(2,3)25-17(24)20-9-8-14(20)16(23)15-12-6-4-5-7-13(12)19-21(15)10-11-22/h4-7,14,22H,8-11H2,1-3H3. The van der Waals surface area contributed by atoms with E-state index in [-0.39, 0.29) is 18.9 Å². The van der Waals surface area contributed by atoms with Gasteiger partial charge in [0.05, 0.1) is 18.7 Å². The molecule has 3 rings (SSSR count). The van der Waals surface area contributed by atoms with Gasteiger partial charge in [0.2, 0.25) is 5.78 Å². The van der Waals surface area contributed by atoms with Crippen LogP contribution in [0.5, 0.6) is 0 Å². The van der Waals surface area contributed by atoms with Gasteiger partial charge in [0.1, 0.15) is 17.3 Å². The number of aromatic nitrogens is 2. The van der Waals surface area contributed by atoms with Crippen molar-refractivity contribution in [3.63, 3.8) is 0 Å². The van der Waals surface area contributed by atoms with Gasteiger partial charge >= 0.3 is 6.09 Å². The van der Waals surface area contributed by atoms with Gasteiger partial charge in [-0.05, 0) is 33.3 Å². The van der Waals surface area contributed by atoms with Crippen LogP contribution < -0.4 is 0 Å². The Kier molecular flexibility index (Phi) is 4.51. The van der Waals surface area contributed by atoms with Crippen molar-refractivity contribution in [1.29, 1.82) is 0 Å². The molecule has 1 atom stereocenters. The molecule has 1 unspecified atom stereocenters. The Hall–Kier alpha value is -2.41. The molecule has 1 aromatic carbocycles. The zero-order valence-corrected chi connectivity index (χ0v) is 14.7. The molecule has 1 amide bonds. The lowest BCUT2D eigenvalue weighted by atomic mass is 9.95. The number of hydrogen-bond donors (Lipinski definition) is 1. The molecule has 0 aliphatic carbocycles. The fourth-order valence-electron chi connectivity index (χ4n) is 2.95. The van der Waals surface area contributed by atoms with Gasteiger partial charge in [-0.1, -0.05) is 18.2 Å². The molecule has 1 aromatic heterocycles. The molecular weight excluding hydrogens is 322 g/mol. The molecule has 1 fully saturated rings. The van der Waals surface area contributed by atoms with Crippen molar-refractivity contribution in [3.8, 4) is 0 Å². The maximum absolute atomic E-state index is 13.1. The molecule has 1 aliphatic rings. The average Bonchev–Trinajstić information content (AvgIpc) is 2.82. The Balaban J connectivity index is 1.89. The van der Waals surface area contributed by atoms with E-state index in [1.54, 1.807) is 20.8 Å². The molecule has 7 nitrogen and oxygen atoms in total. The van der Waals surface area contributed by atoms with Gasteiger partial charge in [0.15, 0.2) is 0 Å². The number of hydrogen-bond acceptors (Lipinski definition) is 5. The number of carbonyl (C=O) groups excluding carboxylic acids is 2. The third kappa shape index (κ3) is 3.37. The summed E-state index contributed by atoms with van der Waals surface area (Å²) in [5.41, 5.74) is 0.524. The molecular formula is C18H23N3O4. The van der Waals surface area contributed by atoms with E-state index in [1.807, 2.05) is 24.3 Å². The van der Waals surface area contributed by atoms with Gasteiger partial charge in [0, 0.05) is 11.9 Å². The molecule has 7 heteroatoms. The van der Waals surface area contributed by atoms with Gasteiger partial charge < -0.3 is 9.84 Å². The number of fused-ring (bicyclic) bond motifs is 1. The van der Waals surface area contributed by atoms with Crippen molar-refractivity contribution in [1.82, 2.24) is 14.7 Å². The Morgan fingerprint density at radius 3 is 2.64 bits per heavy atom. The summed E-state index contributed by atoms with van der Waals surface area (Å²) in [5.74, 6) is -0.167. The minimum atomic E-state index is -0.606. The van der Waals surface area contributed by atoms with E-state index in [4.69, 9.17) is 4.74 Å². The lowest BCUT2D eigenvalue weighted by Gasteiger charge is -2.40. The third-order valence-corrected chi connectivity index (χ3v) is 4.14. The topological polar surface area (TPSA) is 84.7 Å². The van der Waals surface area contributed by atoms with Gasteiger partial charge in [-0.25, -0.2) is 4.79 Å². The maximum Gasteiger partial charge on any atom is 0.410 e. The first-order chi connectivity index (χ1) is 11.8. The summed E-state index contributed by atoms with van der Waals surface area (Å²) in [4.78, 5) is 26.8. The predicted molar refractivity (Wildman–Crippen MR) is 92.5 cm³/mol. The minimum absolute atomic E-state index is 0.116. The Labute approximate surface area is 146 Å². The molecule has 2 aromatic rings. The lowest BCUT2D eigenvalue weighted by Crippen LogP contribution is -2.56. The monoisotopic (exact) mass is 345 g/mol. The van der Waals surface area contributed by atoms with E-state index in [0.29, 0.717) is 24.2 Å². The smallest absolute Gasteiger partial charge is 0.410 e. The SMILES string of the molecule is CC(C)(C)OC(=O)N1CCC1C(=O)c1c2ccccc2nn1CCO. The van der Waals surface area contributed by atoms with Crippen LogP contribution in [0.2, 0.25) is 0 Å². The molecule has 1 saturated heterocycles. The molecule has 134 valence electrons. The summed E-state index contributed by atoms with van der Waals surface area (Å²) in [7, 11) is 0. The van der Waals surface area contributed by atoms with Crippen molar-refractivity contribution >= 4 is 22.8 Å². The number of likely N-dealkylation sites (tertiary alicyclic amines) is 1. The first kappa shape index (κ1) is 17.4. The first-order valence-electron chi connectivity index (χ1n) is 8.42. The van der Waals surface area contributed by atoms with Gasteiger partial charge in [-0.3, -0.25) is 14.4 Å². The van der Waals surface area contributed by atoms with Crippen molar-refractivity contribution in [3.05, 3.63) is 30.0 Å². The van der Waals surface area contributed by atoms with E-state index in [2.05, 4.69) is 5.10 Å². The molecule has 2 heterocycles. The van der Waals surface area contributed by atoms with Crippen molar-refractivity contribution in [2.45, 2.75) is 45.4 Å². The summed E-state index contributed by atoms with van der Waals surface area (Å²) in [6.07, 6.45) is 0.117. The quantitative estimate of drug-likeness (QED) is 0.859. The number of carbonyl (C=O) groups is 2. The zero-order valence-electron chi connectivity index (χ0n) is 14.7. The van der Waals surface area contributed by atoms with E-state index in [0.717, 1.165) is 5.39 Å². The molecule has 1 N–H and O–H groups in total. The molecule has 0 radical (unpaired) electrons. The summed E-state index contributed by atoms with van der Waals surface area (Å²) in [6.45, 7) is 6.00. The number of Topliss-reactive ketones (excluding diaryl/α,β-unsaturated/α-hetero) is 1. The van der Waals surface area contributed by atoms with Crippen LogP contribution in [-0.4, -0.2) is 56.5 Å². The highest BCUT2D eigenvalue weighted by atomic mass is 16.6. The number of benzene rings is 1. The Morgan fingerprint density at radius 1 is 1.32 bits per heavy atom. The molecule has 25 heavy (non-hydrogen) atoms.